The van der Waals surface area contributed by atoms with Crippen LogP contribution in [0.1, 0.15) is 41.3 Å². The molecule has 1 N–H and O–H groups in total. The Morgan fingerprint density at radius 2 is 2.44 bits per heavy atom. The van der Waals surface area contributed by atoms with Crippen LogP contribution in [0.3, 0.4) is 0 Å². The second-order valence-corrected chi connectivity index (χ2v) is 5.41. The van der Waals surface area contributed by atoms with Crippen LogP contribution in [0.4, 0.5) is 0 Å². The van der Waals surface area contributed by atoms with Crippen LogP contribution in [-0.2, 0) is 11.3 Å². The van der Waals surface area contributed by atoms with Crippen LogP contribution in [0, 0.1) is 6.92 Å². The molecule has 1 unspecified atom stereocenters. The van der Waals surface area contributed by atoms with E-state index in [-0.39, 0.29) is 0 Å². The van der Waals surface area contributed by atoms with E-state index in [1.807, 2.05) is 11.3 Å². The molecule has 1 fully saturated rings. The largest absolute Gasteiger partial charge is 0.381 e. The van der Waals surface area contributed by atoms with Crippen molar-refractivity contribution in [3.8, 4) is 0 Å². The molecule has 2 rings (SSSR count). The number of hydrogen-bond donors (Lipinski definition) is 1. The Morgan fingerprint density at radius 3 is 3.12 bits per heavy atom. The molecule has 0 amide bonds. The molecule has 0 radical (unpaired) electrons. The van der Waals surface area contributed by atoms with Crippen molar-refractivity contribution in [1.29, 1.82) is 0 Å². The van der Waals surface area contributed by atoms with Gasteiger partial charge in [0.2, 0.25) is 0 Å². The SMILES string of the molecule is CCCNCc1sc(C2CCOC2)nc1C. The highest BCUT2D eigenvalue weighted by atomic mass is 32.1. The van der Waals surface area contributed by atoms with Crippen LogP contribution < -0.4 is 5.32 Å². The van der Waals surface area contributed by atoms with Gasteiger partial charge in [-0.15, -0.1) is 11.3 Å². The molecule has 0 aliphatic carbocycles. The van der Waals surface area contributed by atoms with Crippen molar-refractivity contribution in [3.63, 3.8) is 0 Å². The Bertz CT molecular complexity index is 332. The smallest absolute Gasteiger partial charge is 0.0986 e. The third-order valence-corrected chi connectivity index (χ3v) is 4.22. The molecule has 0 spiro atoms. The summed E-state index contributed by atoms with van der Waals surface area (Å²) in [5.41, 5.74) is 1.19. The standard InChI is InChI=1S/C12H20N2OS/c1-3-5-13-7-11-9(2)14-12(16-11)10-4-6-15-8-10/h10,13H,3-8H2,1-2H3. The predicted molar refractivity (Wildman–Crippen MR) is 67.0 cm³/mol. The van der Waals surface area contributed by atoms with E-state index in [0.717, 1.165) is 32.7 Å². The second kappa shape index (κ2) is 5.75. The van der Waals surface area contributed by atoms with Gasteiger partial charge in [-0.05, 0) is 26.3 Å². The lowest BCUT2D eigenvalue weighted by Gasteiger charge is -2.01. The number of hydrogen-bond acceptors (Lipinski definition) is 4. The molecule has 3 nitrogen and oxygen atoms in total. The first-order chi connectivity index (χ1) is 7.81. The van der Waals surface area contributed by atoms with Gasteiger partial charge in [0.1, 0.15) is 0 Å². The Morgan fingerprint density at radius 1 is 1.56 bits per heavy atom. The molecule has 1 aliphatic rings. The Balaban J connectivity index is 1.97. The van der Waals surface area contributed by atoms with Gasteiger partial charge in [0.15, 0.2) is 0 Å². The van der Waals surface area contributed by atoms with Crippen molar-refractivity contribution >= 4 is 11.3 Å². The molecule has 2 heterocycles. The molecule has 0 bridgehead atoms. The highest BCUT2D eigenvalue weighted by Crippen LogP contribution is 2.30. The van der Waals surface area contributed by atoms with Crippen molar-refractivity contribution in [1.82, 2.24) is 10.3 Å². The zero-order valence-electron chi connectivity index (χ0n) is 10.1. The minimum Gasteiger partial charge on any atom is -0.381 e. The van der Waals surface area contributed by atoms with E-state index in [1.165, 1.54) is 22.0 Å². The van der Waals surface area contributed by atoms with E-state index in [9.17, 15) is 0 Å². The number of ether oxygens (including phenoxy) is 1. The number of aryl methyl sites for hydroxylation is 1. The fourth-order valence-electron chi connectivity index (χ4n) is 1.90. The molecule has 1 aliphatic heterocycles. The van der Waals surface area contributed by atoms with Gasteiger partial charge in [0.25, 0.3) is 0 Å². The Kier molecular flexibility index (Phi) is 4.32. The Labute approximate surface area is 101 Å². The van der Waals surface area contributed by atoms with Crippen LogP contribution in [0.5, 0.6) is 0 Å². The lowest BCUT2D eigenvalue weighted by atomic mass is 10.1. The van der Waals surface area contributed by atoms with E-state index < -0.39 is 0 Å². The lowest BCUT2D eigenvalue weighted by molar-refractivity contribution is 0.194. The van der Waals surface area contributed by atoms with Crippen LogP contribution in [0.25, 0.3) is 0 Å². The molecule has 90 valence electrons. The van der Waals surface area contributed by atoms with Crippen molar-refractivity contribution in [2.24, 2.45) is 0 Å². The summed E-state index contributed by atoms with van der Waals surface area (Å²) >= 11 is 1.85. The van der Waals surface area contributed by atoms with E-state index >= 15 is 0 Å². The van der Waals surface area contributed by atoms with Crippen LogP contribution in [-0.4, -0.2) is 24.7 Å². The summed E-state index contributed by atoms with van der Waals surface area (Å²) in [4.78, 5) is 6.05. The molecule has 1 atom stereocenters. The van der Waals surface area contributed by atoms with Crippen molar-refractivity contribution in [2.75, 3.05) is 19.8 Å². The quantitative estimate of drug-likeness (QED) is 0.803. The maximum absolute atomic E-state index is 5.41. The number of thiazole rings is 1. The molecular weight excluding hydrogens is 220 g/mol. The fourth-order valence-corrected chi connectivity index (χ4v) is 3.05. The topological polar surface area (TPSA) is 34.1 Å². The number of aromatic nitrogens is 1. The predicted octanol–water partition coefficient (Wildman–Crippen LogP) is 2.46. The normalized spacial score (nSPS) is 20.5. The average Bonchev–Trinajstić information content (AvgIpc) is 2.88. The van der Waals surface area contributed by atoms with Gasteiger partial charge in [-0.2, -0.15) is 0 Å². The molecule has 0 aromatic carbocycles. The van der Waals surface area contributed by atoms with Gasteiger partial charge < -0.3 is 10.1 Å². The average molecular weight is 240 g/mol. The van der Waals surface area contributed by atoms with Crippen LogP contribution in [0.15, 0.2) is 0 Å². The van der Waals surface area contributed by atoms with E-state index in [4.69, 9.17) is 4.74 Å². The number of nitrogens with zero attached hydrogens (tertiary/aromatic N) is 1. The number of nitrogens with one attached hydrogen (secondary N) is 1. The highest BCUT2D eigenvalue weighted by Gasteiger charge is 2.22. The second-order valence-electron chi connectivity index (χ2n) is 4.30. The highest BCUT2D eigenvalue weighted by molar-refractivity contribution is 7.11. The summed E-state index contributed by atoms with van der Waals surface area (Å²) in [6.45, 7) is 8.10. The first-order valence-corrected chi connectivity index (χ1v) is 6.87. The third-order valence-electron chi connectivity index (χ3n) is 2.90. The maximum Gasteiger partial charge on any atom is 0.0986 e. The summed E-state index contributed by atoms with van der Waals surface area (Å²) in [6.07, 6.45) is 2.32. The minimum atomic E-state index is 0.545. The monoisotopic (exact) mass is 240 g/mol. The van der Waals surface area contributed by atoms with E-state index in [1.54, 1.807) is 0 Å². The minimum absolute atomic E-state index is 0.545. The molecule has 4 heteroatoms. The first kappa shape index (κ1) is 12.0. The number of rotatable bonds is 5. The van der Waals surface area contributed by atoms with Gasteiger partial charge >= 0.3 is 0 Å². The summed E-state index contributed by atoms with van der Waals surface area (Å²) in [6, 6.07) is 0. The van der Waals surface area contributed by atoms with Gasteiger partial charge in [0, 0.05) is 23.9 Å². The van der Waals surface area contributed by atoms with Gasteiger partial charge in [-0.3, -0.25) is 0 Å². The molecule has 0 saturated carbocycles. The van der Waals surface area contributed by atoms with Gasteiger partial charge in [-0.1, -0.05) is 6.92 Å². The molecular formula is C12H20N2OS. The molecule has 1 aromatic heterocycles. The third kappa shape index (κ3) is 2.81. The van der Waals surface area contributed by atoms with E-state index in [2.05, 4.69) is 24.1 Å². The van der Waals surface area contributed by atoms with Gasteiger partial charge in [-0.25, -0.2) is 4.98 Å². The summed E-state index contributed by atoms with van der Waals surface area (Å²) in [7, 11) is 0. The van der Waals surface area contributed by atoms with Crippen molar-refractivity contribution in [2.45, 2.75) is 39.2 Å². The fraction of sp³-hybridized carbons (Fsp3) is 0.750. The zero-order chi connectivity index (χ0) is 11.4. The Hall–Kier alpha value is -0.450. The molecule has 16 heavy (non-hydrogen) atoms. The molecule has 1 saturated heterocycles. The van der Waals surface area contributed by atoms with Crippen LogP contribution in [0.2, 0.25) is 0 Å². The van der Waals surface area contributed by atoms with Gasteiger partial charge in [0.05, 0.1) is 17.3 Å². The zero-order valence-corrected chi connectivity index (χ0v) is 10.9. The first-order valence-electron chi connectivity index (χ1n) is 6.06. The summed E-state index contributed by atoms with van der Waals surface area (Å²) in [5, 5.41) is 4.70. The van der Waals surface area contributed by atoms with Crippen molar-refractivity contribution in [3.05, 3.63) is 15.6 Å². The van der Waals surface area contributed by atoms with E-state index in [0.29, 0.717) is 5.92 Å². The van der Waals surface area contributed by atoms with Crippen molar-refractivity contribution < 1.29 is 4.74 Å². The van der Waals surface area contributed by atoms with Crippen LogP contribution >= 0.6 is 11.3 Å². The lowest BCUT2D eigenvalue weighted by Crippen LogP contribution is -2.13. The summed E-state index contributed by atoms with van der Waals surface area (Å²) < 4.78 is 5.41. The maximum atomic E-state index is 5.41. The summed E-state index contributed by atoms with van der Waals surface area (Å²) in [5.74, 6) is 0.545. The molecule has 1 aromatic rings.